The first kappa shape index (κ1) is 24.5. The highest BCUT2D eigenvalue weighted by atomic mass is 32.2. The van der Waals surface area contributed by atoms with E-state index in [-0.39, 0.29) is 0 Å². The zero-order valence-corrected chi connectivity index (χ0v) is 24.1. The van der Waals surface area contributed by atoms with Gasteiger partial charge in [-0.15, -0.1) is 11.8 Å². The third-order valence-corrected chi connectivity index (χ3v) is 10.3. The van der Waals surface area contributed by atoms with E-state index in [1.54, 1.807) is 0 Å². The number of thioether (sulfide) groups is 1. The first-order chi connectivity index (χ1) is 21.3. The predicted molar refractivity (Wildman–Crippen MR) is 183 cm³/mol. The van der Waals surface area contributed by atoms with E-state index in [0.717, 1.165) is 33.5 Å². The molecular weight excluding hydrogens is 543 g/mol. The van der Waals surface area contributed by atoms with Crippen LogP contribution in [0.3, 0.4) is 0 Å². The van der Waals surface area contributed by atoms with Crippen LogP contribution in [-0.4, -0.2) is 15.6 Å². The fraction of sp³-hybridized carbons (Fsp3) is 0.0513. The third kappa shape index (κ3) is 3.60. The van der Waals surface area contributed by atoms with Gasteiger partial charge in [-0.25, -0.2) is 0 Å². The second-order valence-electron chi connectivity index (χ2n) is 11.3. The second kappa shape index (κ2) is 9.48. The molecule has 1 aromatic heterocycles. The molecule has 0 bridgehead atoms. The van der Waals surface area contributed by atoms with Crippen LogP contribution in [0.5, 0.6) is 0 Å². The maximum atomic E-state index is 9.32. The number of nitrogens with one attached hydrogen (secondary N) is 2. The lowest BCUT2D eigenvalue weighted by Gasteiger charge is -2.22. The van der Waals surface area contributed by atoms with Crippen molar-refractivity contribution in [3.63, 3.8) is 0 Å². The average Bonchev–Trinajstić information content (AvgIpc) is 3.61. The van der Waals surface area contributed by atoms with Crippen LogP contribution in [0.1, 0.15) is 28.2 Å². The lowest BCUT2D eigenvalue weighted by Crippen LogP contribution is -2.19. The fourth-order valence-corrected chi connectivity index (χ4v) is 8.55. The molecule has 1 aliphatic heterocycles. The Labute approximate surface area is 254 Å². The smallest absolute Gasteiger partial charge is 0.0855 e. The van der Waals surface area contributed by atoms with E-state index in [2.05, 4.69) is 125 Å². The number of para-hydroxylation sites is 1. The van der Waals surface area contributed by atoms with Gasteiger partial charge in [-0.1, -0.05) is 134 Å². The normalized spacial score (nSPS) is 19.6. The number of nitrogens with zero attached hydrogens (tertiary/aromatic N) is 1. The number of hydrogen-bond donors (Lipinski definition) is 2. The first-order valence-corrected chi connectivity index (χ1v) is 15.6. The Morgan fingerprint density at radius 2 is 1.44 bits per heavy atom. The van der Waals surface area contributed by atoms with Gasteiger partial charge in [0.15, 0.2) is 0 Å². The lowest BCUT2D eigenvalue weighted by molar-refractivity contribution is 0.890. The fourth-order valence-electron chi connectivity index (χ4n) is 7.05. The molecule has 2 unspecified atom stereocenters. The van der Waals surface area contributed by atoms with E-state index in [0.29, 0.717) is 16.9 Å². The molecule has 2 aliphatic carbocycles. The standard InChI is InChI=1S/C39H27N3S/c40-36-26-15-5-4-12-24(26)22-23-31(36)37(25-13-2-1-3-14-25)41-42-32-20-10-8-18-29(32)34-27-16-6-7-17-28(27)35-30-19-9-11-21-33(30)43-39(35)38(34)42/h1-23,30,33,40-41H/b37-31-,40-36?. The van der Waals surface area contributed by atoms with Gasteiger partial charge >= 0.3 is 0 Å². The van der Waals surface area contributed by atoms with Gasteiger partial charge in [0, 0.05) is 43.5 Å². The van der Waals surface area contributed by atoms with Crippen LogP contribution in [0.25, 0.3) is 44.4 Å². The maximum Gasteiger partial charge on any atom is 0.0855 e. The molecular formula is C39H27N3S. The van der Waals surface area contributed by atoms with E-state index >= 15 is 0 Å². The highest BCUT2D eigenvalue weighted by molar-refractivity contribution is 8.00. The van der Waals surface area contributed by atoms with Crippen molar-refractivity contribution >= 4 is 61.8 Å². The first-order valence-electron chi connectivity index (χ1n) is 14.7. The molecule has 0 saturated heterocycles. The van der Waals surface area contributed by atoms with Crippen LogP contribution in [-0.2, 0) is 0 Å². The van der Waals surface area contributed by atoms with Gasteiger partial charge in [0.25, 0.3) is 0 Å². The van der Waals surface area contributed by atoms with Crippen LogP contribution < -0.4 is 5.43 Å². The van der Waals surface area contributed by atoms with Crippen LogP contribution in [0.4, 0.5) is 0 Å². The quantitative estimate of drug-likeness (QED) is 0.223. The number of aromatic nitrogens is 1. The summed E-state index contributed by atoms with van der Waals surface area (Å²) in [6.07, 6.45) is 13.3. The van der Waals surface area contributed by atoms with Crippen LogP contribution in [0.15, 0.2) is 144 Å². The van der Waals surface area contributed by atoms with Crippen molar-refractivity contribution in [2.24, 2.45) is 0 Å². The molecule has 5 aromatic carbocycles. The van der Waals surface area contributed by atoms with E-state index in [9.17, 15) is 5.41 Å². The molecule has 0 radical (unpaired) electrons. The summed E-state index contributed by atoms with van der Waals surface area (Å²) >= 11 is 1.97. The summed E-state index contributed by atoms with van der Waals surface area (Å²) < 4.78 is 2.30. The Kier molecular flexibility index (Phi) is 5.41. The molecule has 2 atom stereocenters. The topological polar surface area (TPSA) is 40.8 Å². The Hall–Kier alpha value is -5.06. The molecule has 0 fully saturated rings. The molecule has 3 nitrogen and oxygen atoms in total. The summed E-state index contributed by atoms with van der Waals surface area (Å²) in [7, 11) is 0. The molecule has 6 aromatic rings. The molecule has 0 amide bonds. The minimum absolute atomic E-state index is 0.337. The predicted octanol–water partition coefficient (Wildman–Crippen LogP) is 9.68. The summed E-state index contributed by atoms with van der Waals surface area (Å²) in [5.41, 5.74) is 13.0. The van der Waals surface area contributed by atoms with Gasteiger partial charge in [-0.05, 0) is 28.0 Å². The van der Waals surface area contributed by atoms with Crippen molar-refractivity contribution < 1.29 is 0 Å². The van der Waals surface area contributed by atoms with Crippen LogP contribution in [0, 0.1) is 5.41 Å². The van der Waals surface area contributed by atoms with Crippen molar-refractivity contribution in [1.82, 2.24) is 4.68 Å². The van der Waals surface area contributed by atoms with Crippen molar-refractivity contribution in [2.75, 3.05) is 5.43 Å². The second-order valence-corrected chi connectivity index (χ2v) is 12.5. The van der Waals surface area contributed by atoms with E-state index in [1.165, 1.54) is 37.5 Å². The molecule has 0 spiro atoms. The largest absolute Gasteiger partial charge is 0.300 e. The summed E-state index contributed by atoms with van der Waals surface area (Å²) in [5.74, 6) is 0.337. The Bertz CT molecular complexity index is 2270. The molecule has 4 heteroatoms. The van der Waals surface area contributed by atoms with Crippen molar-refractivity contribution in [2.45, 2.75) is 16.1 Å². The Morgan fingerprint density at radius 3 is 2.33 bits per heavy atom. The number of rotatable bonds is 3. The van der Waals surface area contributed by atoms with Gasteiger partial charge in [-0.3, -0.25) is 15.5 Å². The Balaban J connectivity index is 1.37. The Morgan fingerprint density at radius 1 is 0.721 bits per heavy atom. The van der Waals surface area contributed by atoms with Gasteiger partial charge in [0.05, 0.1) is 22.4 Å². The van der Waals surface area contributed by atoms with Crippen molar-refractivity contribution in [3.05, 3.63) is 161 Å². The van der Waals surface area contributed by atoms with Gasteiger partial charge in [0.1, 0.15) is 0 Å². The minimum atomic E-state index is 0.337. The zero-order chi connectivity index (χ0) is 28.5. The molecule has 0 saturated carbocycles. The van der Waals surface area contributed by atoms with E-state index < -0.39 is 0 Å². The maximum absolute atomic E-state index is 9.32. The summed E-state index contributed by atoms with van der Waals surface area (Å²) in [6.45, 7) is 0. The highest BCUT2D eigenvalue weighted by Crippen LogP contribution is 2.55. The summed E-state index contributed by atoms with van der Waals surface area (Å²) in [5, 5.41) is 14.8. The van der Waals surface area contributed by atoms with E-state index in [1.807, 2.05) is 36.0 Å². The molecule has 2 heterocycles. The van der Waals surface area contributed by atoms with E-state index in [4.69, 9.17) is 0 Å². The van der Waals surface area contributed by atoms with Gasteiger partial charge in [0.2, 0.25) is 0 Å². The van der Waals surface area contributed by atoms with Gasteiger partial charge < -0.3 is 0 Å². The van der Waals surface area contributed by atoms with Crippen LogP contribution >= 0.6 is 11.8 Å². The highest BCUT2D eigenvalue weighted by Gasteiger charge is 2.36. The van der Waals surface area contributed by atoms with Crippen molar-refractivity contribution in [1.29, 1.82) is 5.41 Å². The third-order valence-electron chi connectivity index (χ3n) is 8.98. The van der Waals surface area contributed by atoms with Gasteiger partial charge in [-0.2, -0.15) is 0 Å². The van der Waals surface area contributed by atoms with Crippen LogP contribution in [0.2, 0.25) is 0 Å². The number of allylic oxidation sites excluding steroid dienone is 5. The molecule has 204 valence electrons. The monoisotopic (exact) mass is 569 g/mol. The molecule has 43 heavy (non-hydrogen) atoms. The minimum Gasteiger partial charge on any atom is -0.300 e. The number of fused-ring (bicyclic) bond motifs is 11. The molecule has 9 rings (SSSR count). The summed E-state index contributed by atoms with van der Waals surface area (Å²) in [4.78, 5) is 1.33. The van der Waals surface area contributed by atoms with Crippen molar-refractivity contribution in [3.8, 4) is 0 Å². The zero-order valence-electron chi connectivity index (χ0n) is 23.3. The molecule has 2 N–H and O–H groups in total. The number of hydrogen-bond acceptors (Lipinski definition) is 3. The molecule has 3 aliphatic rings. The lowest BCUT2D eigenvalue weighted by atomic mass is 9.87. The average molecular weight is 570 g/mol. The SMILES string of the molecule is N=C1/C(=C(\Nn2c3ccccc3c3c4ccccc4c4c(c32)SC2C=CC=CC42)c2ccccc2)C=Cc2ccccc21. The number of benzene rings is 5. The summed E-state index contributed by atoms with van der Waals surface area (Å²) in [6, 6.07) is 36.2.